The van der Waals surface area contributed by atoms with Crippen molar-refractivity contribution in [2.45, 2.75) is 38.1 Å². The van der Waals surface area contributed by atoms with E-state index in [9.17, 15) is 5.11 Å². The van der Waals surface area contributed by atoms with Crippen molar-refractivity contribution in [3.05, 3.63) is 23.4 Å². The Labute approximate surface area is 107 Å². The molecule has 2 rings (SSSR count). The molecule has 1 aromatic heterocycles. The molecule has 3 nitrogen and oxygen atoms in total. The van der Waals surface area contributed by atoms with Crippen LogP contribution in [-0.2, 0) is 0 Å². The molecular weight excluding hydrogens is 236 g/mol. The fourth-order valence-corrected chi connectivity index (χ4v) is 2.85. The summed E-state index contributed by atoms with van der Waals surface area (Å²) in [5, 5.41) is 13.6. The van der Waals surface area contributed by atoms with Crippen molar-refractivity contribution in [1.29, 1.82) is 0 Å². The molecule has 2 N–H and O–H groups in total. The van der Waals surface area contributed by atoms with Crippen LogP contribution in [0.2, 0.25) is 5.02 Å². The first-order valence-electron chi connectivity index (χ1n) is 6.15. The normalized spacial score (nSPS) is 29.0. The Kier molecular flexibility index (Phi) is 3.89. The summed E-state index contributed by atoms with van der Waals surface area (Å²) in [6, 6.07) is 3.62. The summed E-state index contributed by atoms with van der Waals surface area (Å²) in [5.41, 5.74) is -0.254. The van der Waals surface area contributed by atoms with Crippen LogP contribution in [0.3, 0.4) is 0 Å². The summed E-state index contributed by atoms with van der Waals surface area (Å²) in [7, 11) is 0. The number of hydrogen-bond acceptors (Lipinski definition) is 3. The summed E-state index contributed by atoms with van der Waals surface area (Å²) < 4.78 is 0. The zero-order valence-electron chi connectivity index (χ0n) is 10.1. The molecule has 1 aromatic rings. The lowest BCUT2D eigenvalue weighted by Crippen LogP contribution is -2.46. The van der Waals surface area contributed by atoms with E-state index < -0.39 is 0 Å². The van der Waals surface area contributed by atoms with Crippen molar-refractivity contribution in [2.24, 2.45) is 5.92 Å². The van der Waals surface area contributed by atoms with Crippen molar-refractivity contribution in [3.8, 4) is 0 Å². The molecule has 2 atom stereocenters. The zero-order chi connectivity index (χ0) is 12.3. The second-order valence-corrected chi connectivity index (χ2v) is 5.51. The molecule has 0 saturated heterocycles. The van der Waals surface area contributed by atoms with Gasteiger partial charge in [0.05, 0.1) is 17.2 Å². The van der Waals surface area contributed by atoms with Crippen molar-refractivity contribution < 1.29 is 5.11 Å². The molecule has 2 unspecified atom stereocenters. The average molecular weight is 255 g/mol. The minimum absolute atomic E-state index is 0.129. The van der Waals surface area contributed by atoms with E-state index in [0.717, 1.165) is 19.3 Å². The van der Waals surface area contributed by atoms with Gasteiger partial charge < -0.3 is 10.4 Å². The number of aliphatic hydroxyl groups excluding tert-OH is 1. The summed E-state index contributed by atoms with van der Waals surface area (Å²) >= 11 is 6.09. The molecule has 4 heteroatoms. The first-order valence-corrected chi connectivity index (χ1v) is 6.52. The maximum Gasteiger partial charge on any atom is 0.145 e. The van der Waals surface area contributed by atoms with Crippen LogP contribution in [0.15, 0.2) is 18.3 Å². The second-order valence-electron chi connectivity index (χ2n) is 5.10. The first-order chi connectivity index (χ1) is 8.15. The molecule has 1 fully saturated rings. The fourth-order valence-electron chi connectivity index (χ4n) is 2.69. The minimum Gasteiger partial charge on any atom is -0.394 e. The first kappa shape index (κ1) is 12.7. The molecule has 17 heavy (non-hydrogen) atoms. The second kappa shape index (κ2) is 5.23. The van der Waals surface area contributed by atoms with Gasteiger partial charge in [0.2, 0.25) is 0 Å². The van der Waals surface area contributed by atoms with E-state index in [1.54, 1.807) is 6.20 Å². The van der Waals surface area contributed by atoms with Gasteiger partial charge in [0.25, 0.3) is 0 Å². The Bertz CT molecular complexity index is 385. The van der Waals surface area contributed by atoms with Crippen LogP contribution in [0.4, 0.5) is 5.82 Å². The lowest BCUT2D eigenvalue weighted by atomic mass is 9.77. The van der Waals surface area contributed by atoms with Gasteiger partial charge in [-0.25, -0.2) is 4.98 Å². The number of rotatable bonds is 3. The lowest BCUT2D eigenvalue weighted by molar-refractivity contribution is 0.149. The van der Waals surface area contributed by atoms with Crippen LogP contribution in [0, 0.1) is 5.92 Å². The number of aliphatic hydroxyl groups is 1. The van der Waals surface area contributed by atoms with Gasteiger partial charge in [-0.1, -0.05) is 31.4 Å². The van der Waals surface area contributed by atoms with Crippen LogP contribution in [0.5, 0.6) is 0 Å². The summed E-state index contributed by atoms with van der Waals surface area (Å²) in [5.74, 6) is 1.31. The summed E-state index contributed by atoms with van der Waals surface area (Å²) in [6.07, 6.45) is 6.03. The van der Waals surface area contributed by atoms with Crippen LogP contribution in [0.25, 0.3) is 0 Å². The lowest BCUT2D eigenvalue weighted by Gasteiger charge is -2.40. The third kappa shape index (κ3) is 2.90. The van der Waals surface area contributed by atoms with Crippen molar-refractivity contribution >= 4 is 17.4 Å². The van der Waals surface area contributed by atoms with Gasteiger partial charge in [0.15, 0.2) is 0 Å². The van der Waals surface area contributed by atoms with Crippen molar-refractivity contribution in [1.82, 2.24) is 4.98 Å². The summed E-state index contributed by atoms with van der Waals surface area (Å²) in [4.78, 5) is 4.24. The number of nitrogens with one attached hydrogen (secondary N) is 1. The van der Waals surface area contributed by atoms with Gasteiger partial charge >= 0.3 is 0 Å². The van der Waals surface area contributed by atoms with E-state index in [1.165, 1.54) is 6.42 Å². The van der Waals surface area contributed by atoms with E-state index in [-0.39, 0.29) is 12.1 Å². The SMILES string of the molecule is CC1CCCC(CO)(Nc2ncccc2Cl)C1. The van der Waals surface area contributed by atoms with Crippen LogP contribution < -0.4 is 5.32 Å². The Hall–Kier alpha value is -0.800. The van der Waals surface area contributed by atoms with Crippen LogP contribution in [0.1, 0.15) is 32.6 Å². The predicted molar refractivity (Wildman–Crippen MR) is 70.3 cm³/mol. The number of pyridine rings is 1. The van der Waals surface area contributed by atoms with Crippen LogP contribution >= 0.6 is 11.6 Å². The maximum atomic E-state index is 9.68. The topological polar surface area (TPSA) is 45.1 Å². The molecule has 0 spiro atoms. The smallest absolute Gasteiger partial charge is 0.145 e. The standard InChI is InChI=1S/C13H19ClN2O/c1-10-4-2-6-13(8-10,9-17)16-12-11(14)5-3-7-15-12/h3,5,7,10,17H,2,4,6,8-9H2,1H3,(H,15,16). The number of hydrogen-bond donors (Lipinski definition) is 2. The van der Waals surface area contributed by atoms with Gasteiger partial charge in [0, 0.05) is 6.20 Å². The molecule has 0 aliphatic heterocycles. The number of nitrogens with zero attached hydrogens (tertiary/aromatic N) is 1. The molecule has 0 amide bonds. The average Bonchev–Trinajstić information content (AvgIpc) is 2.32. The maximum absolute atomic E-state index is 9.68. The molecule has 1 saturated carbocycles. The number of aromatic nitrogens is 1. The Morgan fingerprint density at radius 2 is 2.47 bits per heavy atom. The largest absolute Gasteiger partial charge is 0.394 e. The zero-order valence-corrected chi connectivity index (χ0v) is 10.9. The van der Waals surface area contributed by atoms with Crippen molar-refractivity contribution in [2.75, 3.05) is 11.9 Å². The molecule has 1 heterocycles. The predicted octanol–water partition coefficient (Wildman–Crippen LogP) is 3.09. The Balaban J connectivity index is 2.17. The number of anilines is 1. The van der Waals surface area contributed by atoms with Gasteiger partial charge in [-0.3, -0.25) is 0 Å². The highest BCUT2D eigenvalue weighted by Crippen LogP contribution is 2.35. The van der Waals surface area contributed by atoms with E-state index in [4.69, 9.17) is 11.6 Å². The van der Waals surface area contributed by atoms with E-state index >= 15 is 0 Å². The molecule has 94 valence electrons. The molecule has 1 aliphatic rings. The number of halogens is 1. The van der Waals surface area contributed by atoms with Crippen molar-refractivity contribution in [3.63, 3.8) is 0 Å². The molecule has 0 bridgehead atoms. The fraction of sp³-hybridized carbons (Fsp3) is 0.615. The molecular formula is C13H19ClN2O. The highest BCUT2D eigenvalue weighted by atomic mass is 35.5. The quantitative estimate of drug-likeness (QED) is 0.871. The Morgan fingerprint density at radius 1 is 1.65 bits per heavy atom. The van der Waals surface area contributed by atoms with Gasteiger partial charge in [-0.15, -0.1) is 0 Å². The molecule has 1 aliphatic carbocycles. The van der Waals surface area contributed by atoms with Gasteiger partial charge in [-0.2, -0.15) is 0 Å². The van der Waals surface area contributed by atoms with Gasteiger partial charge in [0.1, 0.15) is 5.82 Å². The van der Waals surface area contributed by atoms with Gasteiger partial charge in [-0.05, 0) is 30.9 Å². The Morgan fingerprint density at radius 3 is 3.12 bits per heavy atom. The van der Waals surface area contributed by atoms with E-state index in [1.807, 2.05) is 12.1 Å². The summed E-state index contributed by atoms with van der Waals surface area (Å²) in [6.45, 7) is 2.36. The monoisotopic (exact) mass is 254 g/mol. The third-order valence-corrected chi connectivity index (χ3v) is 3.84. The third-order valence-electron chi connectivity index (χ3n) is 3.54. The van der Waals surface area contributed by atoms with E-state index in [2.05, 4.69) is 17.2 Å². The minimum atomic E-state index is -0.254. The highest BCUT2D eigenvalue weighted by Gasteiger charge is 2.34. The van der Waals surface area contributed by atoms with Crippen LogP contribution in [-0.4, -0.2) is 22.2 Å². The molecule has 0 radical (unpaired) electrons. The highest BCUT2D eigenvalue weighted by molar-refractivity contribution is 6.32. The molecule has 0 aromatic carbocycles. The van der Waals surface area contributed by atoms with E-state index in [0.29, 0.717) is 16.8 Å².